The predicted octanol–water partition coefficient (Wildman–Crippen LogP) is 4.37. The molecule has 2 fully saturated rings. The van der Waals surface area contributed by atoms with Gasteiger partial charge in [-0.15, -0.1) is 0 Å². The van der Waals surface area contributed by atoms with Crippen molar-refractivity contribution in [2.75, 3.05) is 25.0 Å². The van der Waals surface area contributed by atoms with Crippen LogP contribution in [-0.2, 0) is 6.54 Å². The van der Waals surface area contributed by atoms with Crippen LogP contribution in [0.2, 0.25) is 10.0 Å². The summed E-state index contributed by atoms with van der Waals surface area (Å²) in [5.41, 5.74) is 1.02. The Labute approximate surface area is 158 Å². The van der Waals surface area contributed by atoms with Crippen molar-refractivity contribution in [3.05, 3.63) is 51.9 Å². The number of hydrogen-bond donors (Lipinski definition) is 0. The zero-order valence-electron chi connectivity index (χ0n) is 14.3. The van der Waals surface area contributed by atoms with Gasteiger partial charge in [-0.2, -0.15) is 0 Å². The number of likely N-dealkylation sites (N-methyl/N-ethyl adjacent to an activating group) is 1. The van der Waals surface area contributed by atoms with Crippen LogP contribution in [-0.4, -0.2) is 41.0 Å². The number of nitrogens with zero attached hydrogens (tertiary/aromatic N) is 4. The quantitative estimate of drug-likeness (QED) is 0.775. The molecule has 4 nitrogen and oxygen atoms in total. The molecule has 0 spiro atoms. The third-order valence-corrected chi connectivity index (χ3v) is 5.91. The van der Waals surface area contributed by atoms with Crippen LogP contribution in [0.3, 0.4) is 0 Å². The third kappa shape index (κ3) is 3.76. The van der Waals surface area contributed by atoms with Gasteiger partial charge in [-0.05, 0) is 37.5 Å². The summed E-state index contributed by atoms with van der Waals surface area (Å²) in [4.78, 5) is 13.9. The second-order valence-corrected chi connectivity index (χ2v) is 7.85. The van der Waals surface area contributed by atoms with E-state index in [0.29, 0.717) is 12.0 Å². The van der Waals surface area contributed by atoms with Crippen LogP contribution < -0.4 is 4.90 Å². The molecule has 1 unspecified atom stereocenters. The Balaban J connectivity index is 1.42. The normalized spacial score (nSPS) is 20.8. The summed E-state index contributed by atoms with van der Waals surface area (Å²) in [6.07, 6.45) is 5.45. The second kappa shape index (κ2) is 7.10. The standard InChI is InChI=1S/C19H22Cl2N4/c1-24(18-7-9-22-19(23-18)13-5-6-13)14-8-10-25(11-14)12-15-16(20)3-2-4-17(15)21/h2-4,7,9,13-14H,5-6,8,10-12H2,1H3. The van der Waals surface area contributed by atoms with Crippen molar-refractivity contribution < 1.29 is 0 Å². The van der Waals surface area contributed by atoms with E-state index in [0.717, 1.165) is 53.3 Å². The molecule has 0 N–H and O–H groups in total. The monoisotopic (exact) mass is 376 g/mol. The minimum Gasteiger partial charge on any atom is -0.355 e. The van der Waals surface area contributed by atoms with E-state index in [2.05, 4.69) is 21.8 Å². The van der Waals surface area contributed by atoms with Gasteiger partial charge in [-0.1, -0.05) is 29.3 Å². The molecule has 0 radical (unpaired) electrons. The second-order valence-electron chi connectivity index (χ2n) is 7.04. The van der Waals surface area contributed by atoms with Gasteiger partial charge in [0.1, 0.15) is 11.6 Å². The van der Waals surface area contributed by atoms with Crippen LogP contribution in [0.1, 0.15) is 36.6 Å². The predicted molar refractivity (Wildman–Crippen MR) is 103 cm³/mol. The number of rotatable bonds is 5. The van der Waals surface area contributed by atoms with Crippen molar-refractivity contribution in [3.63, 3.8) is 0 Å². The molecule has 132 valence electrons. The maximum Gasteiger partial charge on any atom is 0.133 e. The van der Waals surface area contributed by atoms with Gasteiger partial charge in [0.15, 0.2) is 0 Å². The third-order valence-electron chi connectivity index (χ3n) is 5.20. The first-order valence-corrected chi connectivity index (χ1v) is 9.58. The molecule has 6 heteroatoms. The summed E-state index contributed by atoms with van der Waals surface area (Å²) >= 11 is 12.6. The summed E-state index contributed by atoms with van der Waals surface area (Å²) in [6, 6.07) is 8.16. The first-order valence-electron chi connectivity index (χ1n) is 8.83. The van der Waals surface area contributed by atoms with E-state index >= 15 is 0 Å². The average molecular weight is 377 g/mol. The van der Waals surface area contributed by atoms with Gasteiger partial charge in [0, 0.05) is 60.4 Å². The van der Waals surface area contributed by atoms with Gasteiger partial charge in [-0.25, -0.2) is 9.97 Å². The van der Waals surface area contributed by atoms with Crippen LogP contribution in [0.4, 0.5) is 5.82 Å². The fourth-order valence-electron chi connectivity index (χ4n) is 3.46. The SMILES string of the molecule is CN(c1ccnc(C2CC2)n1)C1CCN(Cc2c(Cl)cccc2Cl)C1. The van der Waals surface area contributed by atoms with Gasteiger partial charge >= 0.3 is 0 Å². The first-order chi connectivity index (χ1) is 12.1. The maximum atomic E-state index is 6.32. The number of likely N-dealkylation sites (tertiary alicyclic amines) is 1. The molecule has 1 saturated carbocycles. The van der Waals surface area contributed by atoms with Gasteiger partial charge in [0.25, 0.3) is 0 Å². The maximum absolute atomic E-state index is 6.32. The lowest BCUT2D eigenvalue weighted by Gasteiger charge is -2.26. The molecule has 2 heterocycles. The average Bonchev–Trinajstić information content (AvgIpc) is 3.37. The van der Waals surface area contributed by atoms with Crippen molar-refractivity contribution in [3.8, 4) is 0 Å². The number of halogens is 2. The molecular formula is C19H22Cl2N4. The largest absolute Gasteiger partial charge is 0.355 e. The van der Waals surface area contributed by atoms with Gasteiger partial charge in [-0.3, -0.25) is 4.90 Å². The van der Waals surface area contributed by atoms with Crippen molar-refractivity contribution in [2.45, 2.75) is 37.8 Å². The molecule has 1 atom stereocenters. The highest BCUT2D eigenvalue weighted by molar-refractivity contribution is 6.35. The summed E-state index contributed by atoms with van der Waals surface area (Å²) in [5, 5.41) is 1.49. The van der Waals surface area contributed by atoms with Crippen molar-refractivity contribution in [1.29, 1.82) is 0 Å². The fourth-order valence-corrected chi connectivity index (χ4v) is 3.98. The minimum absolute atomic E-state index is 0.447. The van der Waals surface area contributed by atoms with Crippen molar-refractivity contribution in [2.24, 2.45) is 0 Å². The lowest BCUT2D eigenvalue weighted by Crippen LogP contribution is -2.35. The molecule has 2 aromatic rings. The molecule has 0 amide bonds. The number of benzene rings is 1. The van der Waals surface area contributed by atoms with Crippen LogP contribution in [0, 0.1) is 0 Å². The molecule has 1 aromatic carbocycles. The van der Waals surface area contributed by atoms with Gasteiger partial charge in [0.2, 0.25) is 0 Å². The zero-order chi connectivity index (χ0) is 17.4. The molecule has 2 aliphatic rings. The Kier molecular flexibility index (Phi) is 4.85. The molecule has 1 saturated heterocycles. The van der Waals surface area contributed by atoms with E-state index in [1.54, 1.807) is 0 Å². The lowest BCUT2D eigenvalue weighted by molar-refractivity contribution is 0.326. The topological polar surface area (TPSA) is 32.3 Å². The number of hydrogen-bond acceptors (Lipinski definition) is 4. The van der Waals surface area contributed by atoms with E-state index in [1.165, 1.54) is 12.8 Å². The van der Waals surface area contributed by atoms with E-state index in [1.807, 2.05) is 30.5 Å². The summed E-state index contributed by atoms with van der Waals surface area (Å²) < 4.78 is 0. The van der Waals surface area contributed by atoms with E-state index in [-0.39, 0.29) is 0 Å². The zero-order valence-corrected chi connectivity index (χ0v) is 15.8. The smallest absolute Gasteiger partial charge is 0.133 e. The van der Waals surface area contributed by atoms with Crippen LogP contribution in [0.5, 0.6) is 0 Å². The minimum atomic E-state index is 0.447. The molecule has 1 aliphatic heterocycles. The van der Waals surface area contributed by atoms with Crippen molar-refractivity contribution >= 4 is 29.0 Å². The lowest BCUT2D eigenvalue weighted by atomic mass is 10.2. The Morgan fingerprint density at radius 3 is 2.64 bits per heavy atom. The van der Waals surface area contributed by atoms with Crippen LogP contribution in [0.25, 0.3) is 0 Å². The van der Waals surface area contributed by atoms with Gasteiger partial charge < -0.3 is 4.90 Å². The Hall–Kier alpha value is -1.36. The number of aromatic nitrogens is 2. The van der Waals surface area contributed by atoms with Gasteiger partial charge in [0.05, 0.1) is 0 Å². The molecule has 1 aliphatic carbocycles. The molecule has 4 rings (SSSR count). The molecular weight excluding hydrogens is 355 g/mol. The highest BCUT2D eigenvalue weighted by Crippen LogP contribution is 2.38. The van der Waals surface area contributed by atoms with Crippen molar-refractivity contribution in [1.82, 2.24) is 14.9 Å². The Morgan fingerprint density at radius 1 is 1.16 bits per heavy atom. The fraction of sp³-hybridized carbons (Fsp3) is 0.474. The summed E-state index contributed by atoms with van der Waals surface area (Å²) in [6.45, 7) is 2.82. The highest BCUT2D eigenvalue weighted by Gasteiger charge is 2.30. The van der Waals surface area contributed by atoms with Crippen LogP contribution in [0.15, 0.2) is 30.5 Å². The van der Waals surface area contributed by atoms with E-state index in [9.17, 15) is 0 Å². The Bertz CT molecular complexity index is 743. The van der Waals surface area contributed by atoms with Crippen LogP contribution >= 0.6 is 23.2 Å². The number of anilines is 1. The summed E-state index contributed by atoms with van der Waals surface area (Å²) in [7, 11) is 2.13. The molecule has 25 heavy (non-hydrogen) atoms. The first kappa shape index (κ1) is 17.1. The molecule has 0 bridgehead atoms. The van der Waals surface area contributed by atoms with E-state index in [4.69, 9.17) is 28.2 Å². The highest BCUT2D eigenvalue weighted by atomic mass is 35.5. The van der Waals surface area contributed by atoms with E-state index < -0.39 is 0 Å². The molecule has 1 aromatic heterocycles. The Morgan fingerprint density at radius 2 is 1.92 bits per heavy atom. The summed E-state index contributed by atoms with van der Waals surface area (Å²) in [5.74, 6) is 2.61.